The van der Waals surface area contributed by atoms with Gasteiger partial charge in [0, 0.05) is 24.0 Å². The minimum absolute atomic E-state index is 0.305. The summed E-state index contributed by atoms with van der Waals surface area (Å²) in [5.74, 6) is 1.64. The normalized spacial score (nSPS) is 17.5. The summed E-state index contributed by atoms with van der Waals surface area (Å²) in [7, 11) is 0. The molecule has 0 amide bonds. The number of pyridine rings is 1. The number of benzene rings is 1. The Labute approximate surface area is 129 Å². The van der Waals surface area contributed by atoms with Gasteiger partial charge in [0.1, 0.15) is 0 Å². The third-order valence-electron chi connectivity index (χ3n) is 4.23. The van der Waals surface area contributed by atoms with Gasteiger partial charge >= 0.3 is 0 Å². The molecule has 1 saturated heterocycles. The minimum atomic E-state index is 0.305. The maximum Gasteiger partial charge on any atom is 0.231 e. The third-order valence-corrected chi connectivity index (χ3v) is 4.23. The summed E-state index contributed by atoms with van der Waals surface area (Å²) in [5.41, 5.74) is 2.25. The molecule has 0 atom stereocenters. The molecule has 0 bridgehead atoms. The minimum Gasteiger partial charge on any atom is -0.454 e. The second kappa shape index (κ2) is 5.85. The lowest BCUT2D eigenvalue weighted by Crippen LogP contribution is -2.40. The van der Waals surface area contributed by atoms with Gasteiger partial charge in [0.25, 0.3) is 0 Å². The summed E-state index contributed by atoms with van der Waals surface area (Å²) in [6, 6.07) is 10.7. The fourth-order valence-electron chi connectivity index (χ4n) is 3.17. The number of rotatable bonds is 3. The van der Waals surface area contributed by atoms with Crippen LogP contribution in [0.1, 0.15) is 12.8 Å². The second-order valence-electron chi connectivity index (χ2n) is 5.60. The van der Waals surface area contributed by atoms with Crippen molar-refractivity contribution < 1.29 is 9.47 Å². The highest BCUT2D eigenvalue weighted by Gasteiger charge is 2.25. The summed E-state index contributed by atoms with van der Waals surface area (Å²) < 4.78 is 11.0. The van der Waals surface area contributed by atoms with Crippen LogP contribution in [0, 0.1) is 0 Å². The largest absolute Gasteiger partial charge is 0.454 e. The average molecular weight is 297 g/mol. The molecule has 114 valence electrons. The van der Waals surface area contributed by atoms with Crippen LogP contribution in [-0.4, -0.2) is 30.9 Å². The molecule has 0 unspecified atom stereocenters. The van der Waals surface area contributed by atoms with Crippen molar-refractivity contribution in [2.24, 2.45) is 0 Å². The zero-order valence-corrected chi connectivity index (χ0v) is 12.4. The lowest BCUT2D eigenvalue weighted by molar-refractivity contribution is 0.174. The quantitative estimate of drug-likeness (QED) is 0.944. The lowest BCUT2D eigenvalue weighted by Gasteiger charge is -2.36. The van der Waals surface area contributed by atoms with Crippen molar-refractivity contribution in [1.29, 1.82) is 0 Å². The Bertz CT molecular complexity index is 642. The maximum atomic E-state index is 5.54. The maximum absolute atomic E-state index is 5.54. The van der Waals surface area contributed by atoms with E-state index in [2.05, 4.69) is 33.4 Å². The van der Waals surface area contributed by atoms with Gasteiger partial charge in [-0.05, 0) is 50.2 Å². The number of hydrogen-bond acceptors (Lipinski definition) is 5. The number of ether oxygens (including phenoxy) is 2. The molecule has 5 heteroatoms. The Kier molecular flexibility index (Phi) is 3.56. The summed E-state index contributed by atoms with van der Waals surface area (Å²) in [5, 5.41) is 3.43. The predicted molar refractivity (Wildman–Crippen MR) is 84.8 cm³/mol. The predicted octanol–water partition coefficient (Wildman–Crippen LogP) is 2.70. The molecule has 22 heavy (non-hydrogen) atoms. The molecule has 2 aliphatic heterocycles. The lowest BCUT2D eigenvalue weighted by atomic mass is 10.0. The van der Waals surface area contributed by atoms with Gasteiger partial charge in [-0.25, -0.2) is 0 Å². The molecule has 4 rings (SSSR count). The Morgan fingerprint density at radius 1 is 1.05 bits per heavy atom. The number of aromatic nitrogens is 1. The number of piperidine rings is 1. The van der Waals surface area contributed by atoms with Gasteiger partial charge in [-0.15, -0.1) is 0 Å². The molecule has 2 aromatic rings. The van der Waals surface area contributed by atoms with Gasteiger partial charge in [0.2, 0.25) is 6.79 Å². The second-order valence-corrected chi connectivity index (χ2v) is 5.60. The molecule has 1 N–H and O–H groups in total. The van der Waals surface area contributed by atoms with Crippen LogP contribution >= 0.6 is 0 Å². The van der Waals surface area contributed by atoms with Crippen molar-refractivity contribution in [3.8, 4) is 11.5 Å². The van der Waals surface area contributed by atoms with Gasteiger partial charge in [0.05, 0.1) is 11.9 Å². The number of nitrogens with one attached hydrogen (secondary N) is 1. The van der Waals surface area contributed by atoms with E-state index >= 15 is 0 Å². The molecule has 5 nitrogen and oxygen atoms in total. The van der Waals surface area contributed by atoms with Crippen molar-refractivity contribution in [1.82, 2.24) is 10.3 Å². The van der Waals surface area contributed by atoms with Gasteiger partial charge in [-0.1, -0.05) is 0 Å². The first-order valence-corrected chi connectivity index (χ1v) is 7.71. The van der Waals surface area contributed by atoms with Crippen molar-refractivity contribution in [2.75, 3.05) is 24.8 Å². The van der Waals surface area contributed by atoms with E-state index in [1.807, 2.05) is 24.5 Å². The number of nitrogens with zero attached hydrogens (tertiary/aromatic N) is 2. The summed E-state index contributed by atoms with van der Waals surface area (Å²) in [6.07, 6.45) is 5.96. The zero-order valence-electron chi connectivity index (χ0n) is 12.4. The molecular formula is C17H19N3O2. The molecule has 0 aliphatic carbocycles. The number of hydrogen-bond donors (Lipinski definition) is 1. The third kappa shape index (κ3) is 2.48. The van der Waals surface area contributed by atoms with Gasteiger partial charge < -0.3 is 19.7 Å². The van der Waals surface area contributed by atoms with E-state index in [0.29, 0.717) is 12.8 Å². The van der Waals surface area contributed by atoms with E-state index in [-0.39, 0.29) is 0 Å². The molecule has 1 fully saturated rings. The van der Waals surface area contributed by atoms with Crippen molar-refractivity contribution >= 4 is 11.4 Å². The number of fused-ring (bicyclic) bond motifs is 1. The molecule has 0 spiro atoms. The topological polar surface area (TPSA) is 46.6 Å². The van der Waals surface area contributed by atoms with Crippen LogP contribution in [0.2, 0.25) is 0 Å². The van der Waals surface area contributed by atoms with E-state index in [1.54, 1.807) is 0 Å². The number of anilines is 2. The van der Waals surface area contributed by atoms with E-state index in [0.717, 1.165) is 48.8 Å². The van der Waals surface area contributed by atoms with Crippen LogP contribution in [0.25, 0.3) is 0 Å². The molecule has 2 aliphatic rings. The molecule has 3 heterocycles. The van der Waals surface area contributed by atoms with E-state index in [1.165, 1.54) is 0 Å². The van der Waals surface area contributed by atoms with Crippen LogP contribution < -0.4 is 19.7 Å². The van der Waals surface area contributed by atoms with Gasteiger partial charge in [0.15, 0.2) is 11.5 Å². The fourth-order valence-corrected chi connectivity index (χ4v) is 3.17. The van der Waals surface area contributed by atoms with Crippen molar-refractivity contribution in [2.45, 2.75) is 18.9 Å². The first-order valence-electron chi connectivity index (χ1n) is 7.71. The highest BCUT2D eigenvalue weighted by Crippen LogP contribution is 2.39. The summed E-state index contributed by atoms with van der Waals surface area (Å²) >= 11 is 0. The van der Waals surface area contributed by atoms with Crippen LogP contribution in [-0.2, 0) is 0 Å². The Hall–Kier alpha value is -2.27. The average Bonchev–Trinajstić information content (AvgIpc) is 3.05. The molecule has 1 aromatic carbocycles. The zero-order chi connectivity index (χ0) is 14.8. The molecule has 1 aromatic heterocycles. The van der Waals surface area contributed by atoms with E-state index < -0.39 is 0 Å². The summed E-state index contributed by atoms with van der Waals surface area (Å²) in [6.45, 7) is 2.40. The van der Waals surface area contributed by atoms with Crippen molar-refractivity contribution in [3.05, 3.63) is 42.7 Å². The SMILES string of the molecule is c1cncc(N(c2ccc3c(c2)OCO3)C2CCNCC2)c1. The monoisotopic (exact) mass is 297 g/mol. The van der Waals surface area contributed by atoms with Crippen LogP contribution in [0.3, 0.4) is 0 Å². The van der Waals surface area contributed by atoms with Gasteiger partial charge in [-0.2, -0.15) is 0 Å². The Morgan fingerprint density at radius 3 is 2.73 bits per heavy atom. The Morgan fingerprint density at radius 2 is 1.91 bits per heavy atom. The first-order chi connectivity index (χ1) is 10.9. The fraction of sp³-hybridized carbons (Fsp3) is 0.353. The standard InChI is InChI=1S/C17H19N3O2/c1-2-15(11-19-7-1)20(13-5-8-18-9-6-13)14-3-4-16-17(10-14)22-12-21-16/h1-4,7,10-11,13,18H,5-6,8-9,12H2. The highest BCUT2D eigenvalue weighted by atomic mass is 16.7. The molecular weight excluding hydrogens is 278 g/mol. The smallest absolute Gasteiger partial charge is 0.231 e. The summed E-state index contributed by atoms with van der Waals surface area (Å²) in [4.78, 5) is 6.66. The Balaban J connectivity index is 1.73. The van der Waals surface area contributed by atoms with Crippen LogP contribution in [0.4, 0.5) is 11.4 Å². The van der Waals surface area contributed by atoms with E-state index in [9.17, 15) is 0 Å². The first kappa shape index (κ1) is 13.4. The highest BCUT2D eigenvalue weighted by molar-refractivity contribution is 5.67. The molecule has 0 saturated carbocycles. The van der Waals surface area contributed by atoms with Crippen molar-refractivity contribution in [3.63, 3.8) is 0 Å². The van der Waals surface area contributed by atoms with E-state index in [4.69, 9.17) is 9.47 Å². The van der Waals surface area contributed by atoms with Crippen LogP contribution in [0.15, 0.2) is 42.7 Å². The van der Waals surface area contributed by atoms with Crippen LogP contribution in [0.5, 0.6) is 11.5 Å². The van der Waals surface area contributed by atoms with Gasteiger partial charge in [-0.3, -0.25) is 4.98 Å². The molecule has 0 radical (unpaired) electrons.